The molecular formula is C16H14N4O4. The van der Waals surface area contributed by atoms with E-state index in [1.165, 1.54) is 6.07 Å². The molecule has 8 nitrogen and oxygen atoms in total. The Balaban J connectivity index is 2.01. The highest BCUT2D eigenvalue weighted by atomic mass is 16.6. The van der Waals surface area contributed by atoms with Gasteiger partial charge in [-0.1, -0.05) is 35.6 Å². The van der Waals surface area contributed by atoms with E-state index in [0.29, 0.717) is 5.57 Å². The molecular weight excluding hydrogens is 312 g/mol. The maximum atomic E-state index is 11.9. The van der Waals surface area contributed by atoms with E-state index in [4.69, 9.17) is 0 Å². The molecule has 0 unspecified atom stereocenters. The third-order valence-corrected chi connectivity index (χ3v) is 3.01. The van der Waals surface area contributed by atoms with Crippen molar-refractivity contribution in [3.63, 3.8) is 0 Å². The third kappa shape index (κ3) is 4.47. The Kier molecular flexibility index (Phi) is 5.35. The number of nitro benzene ring substituents is 1. The summed E-state index contributed by atoms with van der Waals surface area (Å²) in [6.07, 6.45) is 1.70. The van der Waals surface area contributed by atoms with Gasteiger partial charge >= 0.3 is 5.69 Å². The van der Waals surface area contributed by atoms with Crippen molar-refractivity contribution >= 4 is 23.4 Å². The van der Waals surface area contributed by atoms with Crippen LogP contribution in [0.2, 0.25) is 0 Å². The van der Waals surface area contributed by atoms with Gasteiger partial charge < -0.3 is 5.11 Å². The number of phenolic OH excluding ortho intramolecular Hbond substituents is 1. The molecule has 0 saturated carbocycles. The molecule has 0 fully saturated rings. The Morgan fingerprint density at radius 2 is 1.96 bits per heavy atom. The maximum absolute atomic E-state index is 11.9. The summed E-state index contributed by atoms with van der Waals surface area (Å²) < 4.78 is 0. The quantitative estimate of drug-likeness (QED) is 0.378. The van der Waals surface area contributed by atoms with Gasteiger partial charge in [0, 0.05) is 17.7 Å². The highest BCUT2D eigenvalue weighted by molar-refractivity contribution is 5.96. The predicted octanol–water partition coefficient (Wildman–Crippen LogP) is 3.52. The number of nitrogens with zero attached hydrogens (tertiary/aromatic N) is 3. The first kappa shape index (κ1) is 16.8. The van der Waals surface area contributed by atoms with Gasteiger partial charge in [0.05, 0.1) is 10.6 Å². The van der Waals surface area contributed by atoms with E-state index in [9.17, 15) is 20.0 Å². The van der Waals surface area contributed by atoms with Gasteiger partial charge in [-0.15, -0.1) is 5.11 Å². The van der Waals surface area contributed by atoms with Gasteiger partial charge in [-0.25, -0.2) is 5.43 Å². The minimum Gasteiger partial charge on any atom is -0.502 e. The van der Waals surface area contributed by atoms with E-state index in [1.54, 1.807) is 13.0 Å². The first-order chi connectivity index (χ1) is 11.5. The molecule has 0 aromatic heterocycles. The summed E-state index contributed by atoms with van der Waals surface area (Å²) in [7, 11) is 0. The van der Waals surface area contributed by atoms with Crippen molar-refractivity contribution in [1.82, 2.24) is 5.43 Å². The van der Waals surface area contributed by atoms with Gasteiger partial charge in [0.2, 0.25) is 0 Å². The molecule has 0 spiro atoms. The lowest BCUT2D eigenvalue weighted by Gasteiger charge is -2.00. The van der Waals surface area contributed by atoms with Gasteiger partial charge in [-0.2, -0.15) is 0 Å². The predicted molar refractivity (Wildman–Crippen MR) is 87.5 cm³/mol. The first-order valence-corrected chi connectivity index (χ1v) is 6.89. The number of carbonyl (C=O) groups excluding carboxylic acids is 1. The summed E-state index contributed by atoms with van der Waals surface area (Å²) in [4.78, 5) is 21.8. The summed E-state index contributed by atoms with van der Waals surface area (Å²) in [5, 5.41) is 27.3. The number of carbonyl (C=O) groups is 1. The minimum absolute atomic E-state index is 0.170. The molecule has 2 rings (SSSR count). The zero-order valence-electron chi connectivity index (χ0n) is 12.7. The lowest BCUT2D eigenvalue weighted by Crippen LogP contribution is -2.17. The third-order valence-electron chi connectivity index (χ3n) is 3.01. The lowest BCUT2D eigenvalue weighted by atomic mass is 10.1. The average Bonchev–Trinajstić information content (AvgIpc) is 2.55. The summed E-state index contributed by atoms with van der Waals surface area (Å²) >= 11 is 0. The van der Waals surface area contributed by atoms with Gasteiger partial charge in [-0.3, -0.25) is 14.9 Å². The van der Waals surface area contributed by atoms with E-state index in [2.05, 4.69) is 15.8 Å². The molecule has 1 amide bonds. The second kappa shape index (κ2) is 7.63. The van der Waals surface area contributed by atoms with Crippen LogP contribution in [0.25, 0.3) is 6.08 Å². The van der Waals surface area contributed by atoms with Crippen LogP contribution in [0.5, 0.6) is 5.75 Å². The zero-order chi connectivity index (χ0) is 17.5. The summed E-state index contributed by atoms with van der Waals surface area (Å²) in [6, 6.07) is 12.8. The number of rotatable bonds is 5. The van der Waals surface area contributed by atoms with Crippen molar-refractivity contribution in [3.8, 4) is 5.75 Å². The number of nitrogens with one attached hydrogen (secondary N) is 1. The van der Waals surface area contributed by atoms with Crippen LogP contribution in [-0.4, -0.2) is 15.9 Å². The van der Waals surface area contributed by atoms with E-state index < -0.39 is 22.3 Å². The number of nitro groups is 1. The summed E-state index contributed by atoms with van der Waals surface area (Å²) in [5.74, 6) is -0.961. The van der Waals surface area contributed by atoms with Crippen molar-refractivity contribution in [2.24, 2.45) is 10.3 Å². The summed E-state index contributed by atoms with van der Waals surface area (Å²) in [5.41, 5.74) is 3.30. The smallest absolute Gasteiger partial charge is 0.310 e. The highest BCUT2D eigenvalue weighted by Crippen LogP contribution is 2.29. The van der Waals surface area contributed by atoms with Gasteiger partial charge in [0.25, 0.3) is 5.91 Å². The summed E-state index contributed by atoms with van der Waals surface area (Å²) in [6.45, 7) is 1.63. The molecule has 8 heteroatoms. The van der Waals surface area contributed by atoms with Gasteiger partial charge in [-0.05, 0) is 24.6 Å². The Morgan fingerprint density at radius 3 is 2.58 bits per heavy atom. The average molecular weight is 326 g/mol. The van der Waals surface area contributed by atoms with Crippen LogP contribution in [0.15, 0.2) is 64.4 Å². The molecule has 24 heavy (non-hydrogen) atoms. The van der Waals surface area contributed by atoms with E-state index in [1.807, 2.05) is 30.3 Å². The number of aromatic hydroxyl groups is 1. The fraction of sp³-hybridized carbons (Fsp3) is 0.0625. The van der Waals surface area contributed by atoms with E-state index in [-0.39, 0.29) is 5.69 Å². The van der Waals surface area contributed by atoms with E-state index >= 15 is 0 Å². The normalized spacial score (nSPS) is 11.5. The van der Waals surface area contributed by atoms with Crippen molar-refractivity contribution in [2.45, 2.75) is 6.92 Å². The van der Waals surface area contributed by atoms with Crippen LogP contribution in [0, 0.1) is 10.1 Å². The van der Waals surface area contributed by atoms with Gasteiger partial charge in [0.1, 0.15) is 0 Å². The standard InChI is InChI=1S/C16H14N4O4/c1-11(9-12-5-3-2-4-6-12)16(22)18-19-17-13-7-8-14(20(23)24)15(21)10-13/h2-10,21H,1H3,(H,17,18,22). The Morgan fingerprint density at radius 1 is 1.25 bits per heavy atom. The zero-order valence-corrected chi connectivity index (χ0v) is 12.7. The van der Waals surface area contributed by atoms with Gasteiger partial charge in [0.15, 0.2) is 5.75 Å². The molecule has 0 atom stereocenters. The number of benzene rings is 2. The number of hydrogen-bond donors (Lipinski definition) is 2. The Hall–Kier alpha value is -3.55. The molecule has 2 N–H and O–H groups in total. The highest BCUT2D eigenvalue weighted by Gasteiger charge is 2.12. The van der Waals surface area contributed by atoms with Crippen LogP contribution in [0.3, 0.4) is 0 Å². The Labute approximate surface area is 137 Å². The Bertz CT molecular complexity index is 816. The maximum Gasteiger partial charge on any atom is 0.310 e. The molecule has 0 bridgehead atoms. The minimum atomic E-state index is -0.713. The SMILES string of the molecule is CC(=Cc1ccccc1)C(=O)NN=Nc1ccc([N+](=O)[O-])c(O)c1. The molecule has 2 aromatic carbocycles. The second-order valence-corrected chi connectivity index (χ2v) is 4.81. The molecule has 122 valence electrons. The fourth-order valence-electron chi connectivity index (χ4n) is 1.81. The monoisotopic (exact) mass is 326 g/mol. The van der Waals surface area contributed by atoms with Crippen molar-refractivity contribution in [3.05, 3.63) is 69.8 Å². The van der Waals surface area contributed by atoms with Crippen LogP contribution < -0.4 is 5.43 Å². The molecule has 0 aliphatic carbocycles. The van der Waals surface area contributed by atoms with Crippen LogP contribution in [0.4, 0.5) is 11.4 Å². The molecule has 0 heterocycles. The first-order valence-electron chi connectivity index (χ1n) is 6.89. The lowest BCUT2D eigenvalue weighted by molar-refractivity contribution is -0.385. The van der Waals surface area contributed by atoms with Crippen LogP contribution in [-0.2, 0) is 4.79 Å². The fourth-order valence-corrected chi connectivity index (χ4v) is 1.81. The molecule has 0 radical (unpaired) electrons. The molecule has 0 aliphatic rings. The van der Waals surface area contributed by atoms with Crippen molar-refractivity contribution in [1.29, 1.82) is 0 Å². The van der Waals surface area contributed by atoms with Crippen molar-refractivity contribution in [2.75, 3.05) is 0 Å². The number of hydrogen-bond acceptors (Lipinski definition) is 6. The molecule has 0 aliphatic heterocycles. The van der Waals surface area contributed by atoms with Crippen LogP contribution in [0.1, 0.15) is 12.5 Å². The number of amides is 1. The van der Waals surface area contributed by atoms with E-state index in [0.717, 1.165) is 17.7 Å². The molecule has 2 aromatic rings. The molecule has 0 saturated heterocycles. The number of phenols is 1. The topological polar surface area (TPSA) is 117 Å². The van der Waals surface area contributed by atoms with Crippen LogP contribution >= 0.6 is 0 Å². The van der Waals surface area contributed by atoms with Crippen molar-refractivity contribution < 1.29 is 14.8 Å². The second-order valence-electron chi connectivity index (χ2n) is 4.81. The largest absolute Gasteiger partial charge is 0.502 e.